The summed E-state index contributed by atoms with van der Waals surface area (Å²) in [5, 5.41) is 11.6. The van der Waals surface area contributed by atoms with E-state index >= 15 is 0 Å². The topological polar surface area (TPSA) is 71.3 Å². The molecule has 0 aliphatic carbocycles. The number of carbonyl (C=O) groups is 2. The highest BCUT2D eigenvalue weighted by atomic mass is 16.4. The molecule has 1 heterocycles. The van der Waals surface area contributed by atoms with Crippen molar-refractivity contribution in [2.75, 3.05) is 5.32 Å². The molecular formula is C15H16N2O3. The Morgan fingerprint density at radius 1 is 1.15 bits per heavy atom. The van der Waals surface area contributed by atoms with Crippen molar-refractivity contribution in [1.29, 1.82) is 0 Å². The Bertz CT molecular complexity index is 627. The lowest BCUT2D eigenvalue weighted by atomic mass is 10.2. The van der Waals surface area contributed by atoms with Crippen molar-refractivity contribution in [2.45, 2.75) is 19.9 Å². The Hall–Kier alpha value is -2.56. The van der Waals surface area contributed by atoms with E-state index in [1.54, 1.807) is 18.2 Å². The summed E-state index contributed by atoms with van der Waals surface area (Å²) in [6, 6.07) is 9.83. The van der Waals surface area contributed by atoms with Crippen LogP contribution in [0.2, 0.25) is 0 Å². The average molecular weight is 272 g/mol. The van der Waals surface area contributed by atoms with Gasteiger partial charge in [-0.1, -0.05) is 0 Å². The minimum absolute atomic E-state index is 0.188. The molecule has 20 heavy (non-hydrogen) atoms. The molecule has 0 spiro atoms. The fourth-order valence-electron chi connectivity index (χ4n) is 1.93. The van der Waals surface area contributed by atoms with Crippen LogP contribution in [0.3, 0.4) is 0 Å². The van der Waals surface area contributed by atoms with Gasteiger partial charge < -0.3 is 15.0 Å². The number of carbonyl (C=O) groups excluding carboxylic acids is 1. The number of hydrogen-bond donors (Lipinski definition) is 2. The zero-order valence-corrected chi connectivity index (χ0v) is 11.3. The average Bonchev–Trinajstić information content (AvgIpc) is 2.88. The van der Waals surface area contributed by atoms with Crippen molar-refractivity contribution >= 4 is 17.6 Å². The van der Waals surface area contributed by atoms with Gasteiger partial charge in [-0.05, 0) is 50.2 Å². The van der Waals surface area contributed by atoms with Crippen LogP contribution in [0.5, 0.6) is 0 Å². The monoisotopic (exact) mass is 272 g/mol. The molecule has 1 aromatic carbocycles. The molecule has 2 N–H and O–H groups in total. The molecule has 0 unspecified atom stereocenters. The van der Waals surface area contributed by atoms with Crippen LogP contribution >= 0.6 is 0 Å². The van der Waals surface area contributed by atoms with Gasteiger partial charge in [0.25, 0.3) is 5.91 Å². The van der Waals surface area contributed by atoms with Crippen molar-refractivity contribution < 1.29 is 14.7 Å². The second-order valence-electron chi connectivity index (χ2n) is 4.73. The number of carboxylic acids is 1. The molecule has 2 aromatic rings. The summed E-state index contributed by atoms with van der Waals surface area (Å²) in [6.45, 7) is 4.00. The van der Waals surface area contributed by atoms with E-state index in [4.69, 9.17) is 5.11 Å². The highest BCUT2D eigenvalue weighted by Crippen LogP contribution is 2.14. The Balaban J connectivity index is 2.15. The molecule has 0 atom stereocenters. The molecule has 0 saturated heterocycles. The lowest BCUT2D eigenvalue weighted by Gasteiger charge is -2.12. The number of aromatic carboxylic acids is 1. The van der Waals surface area contributed by atoms with E-state index in [-0.39, 0.29) is 17.5 Å². The van der Waals surface area contributed by atoms with Crippen LogP contribution in [-0.4, -0.2) is 21.6 Å². The van der Waals surface area contributed by atoms with E-state index in [0.717, 1.165) is 0 Å². The predicted molar refractivity (Wildman–Crippen MR) is 76.2 cm³/mol. The number of aromatic nitrogens is 1. The van der Waals surface area contributed by atoms with E-state index in [1.807, 2.05) is 30.7 Å². The minimum atomic E-state index is -0.989. The first kappa shape index (κ1) is 13.9. The molecule has 2 rings (SSSR count). The van der Waals surface area contributed by atoms with Crippen molar-refractivity contribution in [3.63, 3.8) is 0 Å². The number of nitrogens with one attached hydrogen (secondary N) is 1. The number of anilines is 1. The number of amides is 1. The molecule has 104 valence electrons. The summed E-state index contributed by atoms with van der Waals surface area (Å²) >= 11 is 0. The molecule has 0 radical (unpaired) electrons. The second-order valence-corrected chi connectivity index (χ2v) is 4.73. The molecule has 0 fully saturated rings. The first-order valence-electron chi connectivity index (χ1n) is 6.30. The standard InChI is InChI=1S/C15H16N2O3/c1-10(2)17-9-3-4-13(17)14(18)16-12-7-5-11(6-8-12)15(19)20/h3-10H,1-2H3,(H,16,18)(H,19,20). The Morgan fingerprint density at radius 3 is 2.35 bits per heavy atom. The Labute approximate surface area is 116 Å². The number of carboxylic acid groups (broad SMARTS) is 1. The summed E-state index contributed by atoms with van der Waals surface area (Å²) in [5.41, 5.74) is 1.33. The normalized spacial score (nSPS) is 10.6. The van der Waals surface area contributed by atoms with Crippen LogP contribution in [0.15, 0.2) is 42.6 Å². The summed E-state index contributed by atoms with van der Waals surface area (Å²) in [5.74, 6) is -1.21. The van der Waals surface area contributed by atoms with Crippen molar-refractivity contribution in [3.8, 4) is 0 Å². The zero-order chi connectivity index (χ0) is 14.7. The van der Waals surface area contributed by atoms with Gasteiger partial charge in [-0.15, -0.1) is 0 Å². The van der Waals surface area contributed by atoms with Crippen molar-refractivity contribution in [1.82, 2.24) is 4.57 Å². The van der Waals surface area contributed by atoms with Gasteiger partial charge in [0, 0.05) is 17.9 Å². The molecule has 5 nitrogen and oxygen atoms in total. The molecule has 0 bridgehead atoms. The van der Waals surface area contributed by atoms with Crippen LogP contribution in [0.1, 0.15) is 40.7 Å². The minimum Gasteiger partial charge on any atom is -0.478 e. The summed E-state index contributed by atoms with van der Waals surface area (Å²) in [4.78, 5) is 22.9. The largest absolute Gasteiger partial charge is 0.478 e. The number of nitrogens with zero attached hydrogens (tertiary/aromatic N) is 1. The van der Waals surface area contributed by atoms with Gasteiger partial charge in [0.2, 0.25) is 0 Å². The molecule has 0 aliphatic heterocycles. The van der Waals surface area contributed by atoms with Gasteiger partial charge in [-0.3, -0.25) is 4.79 Å². The fraction of sp³-hybridized carbons (Fsp3) is 0.200. The van der Waals surface area contributed by atoms with Gasteiger partial charge in [0.05, 0.1) is 5.56 Å². The highest BCUT2D eigenvalue weighted by Gasteiger charge is 2.13. The van der Waals surface area contributed by atoms with Gasteiger partial charge in [-0.2, -0.15) is 0 Å². The Morgan fingerprint density at radius 2 is 1.80 bits per heavy atom. The van der Waals surface area contributed by atoms with Gasteiger partial charge >= 0.3 is 5.97 Å². The van der Waals surface area contributed by atoms with Crippen LogP contribution in [-0.2, 0) is 0 Å². The number of hydrogen-bond acceptors (Lipinski definition) is 2. The maximum atomic E-state index is 12.2. The maximum absolute atomic E-state index is 12.2. The molecule has 5 heteroatoms. The lowest BCUT2D eigenvalue weighted by Crippen LogP contribution is -2.17. The van der Waals surface area contributed by atoms with Crippen LogP contribution in [0, 0.1) is 0 Å². The predicted octanol–water partition coefficient (Wildman–Crippen LogP) is 3.02. The van der Waals surface area contributed by atoms with Gasteiger partial charge in [0.15, 0.2) is 0 Å². The van der Waals surface area contributed by atoms with Crippen LogP contribution < -0.4 is 5.32 Å². The quantitative estimate of drug-likeness (QED) is 0.898. The molecule has 1 aromatic heterocycles. The SMILES string of the molecule is CC(C)n1cccc1C(=O)Nc1ccc(C(=O)O)cc1. The Kier molecular flexibility index (Phi) is 3.89. The summed E-state index contributed by atoms with van der Waals surface area (Å²) in [7, 11) is 0. The van der Waals surface area contributed by atoms with E-state index < -0.39 is 5.97 Å². The molecular weight excluding hydrogens is 256 g/mol. The zero-order valence-electron chi connectivity index (χ0n) is 11.3. The fourth-order valence-corrected chi connectivity index (χ4v) is 1.93. The molecule has 0 aliphatic rings. The molecule has 1 amide bonds. The van der Waals surface area contributed by atoms with Crippen molar-refractivity contribution in [3.05, 3.63) is 53.9 Å². The van der Waals surface area contributed by atoms with Crippen LogP contribution in [0.4, 0.5) is 5.69 Å². The van der Waals surface area contributed by atoms with Gasteiger partial charge in [0.1, 0.15) is 5.69 Å². The highest BCUT2D eigenvalue weighted by molar-refractivity contribution is 6.03. The third-order valence-electron chi connectivity index (χ3n) is 2.96. The van der Waals surface area contributed by atoms with E-state index in [9.17, 15) is 9.59 Å². The third-order valence-corrected chi connectivity index (χ3v) is 2.96. The van der Waals surface area contributed by atoms with E-state index in [0.29, 0.717) is 11.4 Å². The maximum Gasteiger partial charge on any atom is 0.335 e. The number of benzene rings is 1. The summed E-state index contributed by atoms with van der Waals surface area (Å²) in [6.07, 6.45) is 1.85. The number of rotatable bonds is 4. The second kappa shape index (κ2) is 5.61. The van der Waals surface area contributed by atoms with Gasteiger partial charge in [-0.25, -0.2) is 4.79 Å². The smallest absolute Gasteiger partial charge is 0.335 e. The molecule has 0 saturated carbocycles. The third kappa shape index (κ3) is 2.88. The van der Waals surface area contributed by atoms with Crippen molar-refractivity contribution in [2.24, 2.45) is 0 Å². The van der Waals surface area contributed by atoms with Crippen LogP contribution in [0.25, 0.3) is 0 Å². The van der Waals surface area contributed by atoms with E-state index in [2.05, 4.69) is 5.32 Å². The first-order chi connectivity index (χ1) is 9.49. The van der Waals surface area contributed by atoms with E-state index in [1.165, 1.54) is 12.1 Å². The lowest BCUT2D eigenvalue weighted by molar-refractivity contribution is 0.0696. The first-order valence-corrected chi connectivity index (χ1v) is 6.30. The summed E-state index contributed by atoms with van der Waals surface area (Å²) < 4.78 is 1.88.